The van der Waals surface area contributed by atoms with Crippen LogP contribution < -0.4 is 18.9 Å². The predicted molar refractivity (Wildman–Crippen MR) is 116 cm³/mol. The number of ether oxygens (including phenoxy) is 4. The van der Waals surface area contributed by atoms with Gasteiger partial charge in [0.05, 0.1) is 45.9 Å². The summed E-state index contributed by atoms with van der Waals surface area (Å²) < 4.78 is 23.3. The topological polar surface area (TPSA) is 111 Å². The minimum absolute atomic E-state index is 0.115. The second kappa shape index (κ2) is 8.35. The first-order valence-corrected chi connectivity index (χ1v) is 9.51. The number of benzene rings is 2. The third-order valence-electron chi connectivity index (χ3n) is 5.09. The molecule has 0 aliphatic heterocycles. The lowest BCUT2D eigenvalue weighted by Gasteiger charge is -2.20. The Morgan fingerprint density at radius 2 is 1.66 bits per heavy atom. The van der Waals surface area contributed by atoms with E-state index in [4.69, 9.17) is 18.9 Å². The molecule has 162 valence electrons. The largest absolute Gasteiger partial charge is 0.507 e. The molecule has 9 nitrogen and oxygen atoms in total. The fourth-order valence-corrected chi connectivity index (χ4v) is 3.60. The average molecular weight is 432 g/mol. The average Bonchev–Trinajstić information content (AvgIpc) is 3.26. The van der Waals surface area contributed by atoms with Crippen molar-refractivity contribution in [3.8, 4) is 57.2 Å². The van der Waals surface area contributed by atoms with E-state index in [1.807, 2.05) is 24.3 Å². The van der Waals surface area contributed by atoms with Gasteiger partial charge in [0.1, 0.15) is 23.1 Å². The van der Waals surface area contributed by atoms with Crippen molar-refractivity contribution in [3.05, 3.63) is 48.3 Å². The molecule has 0 radical (unpaired) electrons. The Bertz CT molecular complexity index is 1340. The van der Waals surface area contributed by atoms with Crippen molar-refractivity contribution in [1.29, 1.82) is 5.26 Å². The van der Waals surface area contributed by atoms with Gasteiger partial charge < -0.3 is 24.1 Å². The first-order chi connectivity index (χ1) is 15.6. The minimum atomic E-state index is -0.115. The van der Waals surface area contributed by atoms with Crippen molar-refractivity contribution in [2.45, 2.75) is 0 Å². The predicted octanol–water partition coefficient (Wildman–Crippen LogP) is 3.67. The third kappa shape index (κ3) is 3.18. The van der Waals surface area contributed by atoms with E-state index in [-0.39, 0.29) is 11.5 Å². The van der Waals surface area contributed by atoms with Crippen LogP contribution in [0.1, 0.15) is 5.56 Å². The molecule has 32 heavy (non-hydrogen) atoms. The van der Waals surface area contributed by atoms with Crippen LogP contribution in [-0.2, 0) is 0 Å². The summed E-state index contributed by atoms with van der Waals surface area (Å²) in [4.78, 5) is 4.45. The lowest BCUT2D eigenvalue weighted by molar-refractivity contribution is 0.321. The molecule has 2 heterocycles. The highest BCUT2D eigenvalue weighted by molar-refractivity contribution is 5.90. The third-order valence-corrected chi connectivity index (χ3v) is 5.09. The quantitative estimate of drug-likeness (QED) is 0.491. The maximum Gasteiger partial charge on any atom is 0.204 e. The molecule has 0 spiro atoms. The summed E-state index contributed by atoms with van der Waals surface area (Å²) in [5.74, 6) is 1.44. The first kappa shape index (κ1) is 20.8. The molecule has 4 rings (SSSR count). The van der Waals surface area contributed by atoms with Crippen LogP contribution in [0.3, 0.4) is 0 Å². The smallest absolute Gasteiger partial charge is 0.204 e. The summed E-state index contributed by atoms with van der Waals surface area (Å²) in [5.41, 5.74) is 2.87. The molecule has 9 heteroatoms. The Kier molecular flexibility index (Phi) is 5.43. The summed E-state index contributed by atoms with van der Waals surface area (Å²) in [6.07, 6.45) is 3.05. The van der Waals surface area contributed by atoms with Crippen LogP contribution in [0, 0.1) is 11.3 Å². The van der Waals surface area contributed by atoms with Crippen molar-refractivity contribution in [2.24, 2.45) is 0 Å². The Labute approximate surface area is 184 Å². The maximum atomic E-state index is 11.0. The van der Waals surface area contributed by atoms with Crippen LogP contribution in [0.15, 0.2) is 42.7 Å². The molecule has 1 N–H and O–H groups in total. The first-order valence-electron chi connectivity index (χ1n) is 9.51. The summed E-state index contributed by atoms with van der Waals surface area (Å²) in [7, 11) is 6.01. The van der Waals surface area contributed by atoms with Crippen LogP contribution in [0.4, 0.5) is 0 Å². The van der Waals surface area contributed by atoms with Crippen molar-refractivity contribution in [2.75, 3.05) is 28.4 Å². The fraction of sp³-hybridized carbons (Fsp3) is 0.174. The van der Waals surface area contributed by atoms with Crippen LogP contribution in [-0.4, -0.2) is 48.1 Å². The molecule has 0 amide bonds. The normalized spacial score (nSPS) is 10.6. The summed E-state index contributed by atoms with van der Waals surface area (Å²) >= 11 is 0. The van der Waals surface area contributed by atoms with E-state index in [9.17, 15) is 10.4 Å². The Morgan fingerprint density at radius 1 is 0.938 bits per heavy atom. The number of phenols is 1. The van der Waals surface area contributed by atoms with Gasteiger partial charge in [0, 0.05) is 17.8 Å². The van der Waals surface area contributed by atoms with Gasteiger partial charge in [-0.25, -0.2) is 9.50 Å². The zero-order valence-corrected chi connectivity index (χ0v) is 17.9. The van der Waals surface area contributed by atoms with Crippen molar-refractivity contribution >= 4 is 5.65 Å². The SMILES string of the molecule is COc1ccc(-c2cnc3c(C#N)cnn3c2-c2c(O)cc(OC)c(OC)c2OC)cc1. The van der Waals surface area contributed by atoms with E-state index in [2.05, 4.69) is 16.2 Å². The Morgan fingerprint density at radius 3 is 2.25 bits per heavy atom. The van der Waals surface area contributed by atoms with Crippen LogP contribution in [0.25, 0.3) is 28.0 Å². The molecule has 0 bridgehead atoms. The van der Waals surface area contributed by atoms with E-state index >= 15 is 0 Å². The van der Waals surface area contributed by atoms with Gasteiger partial charge in [0.25, 0.3) is 0 Å². The second-order valence-electron chi connectivity index (χ2n) is 6.69. The molecule has 0 fully saturated rings. The van der Waals surface area contributed by atoms with E-state index in [1.54, 1.807) is 13.3 Å². The molecular weight excluding hydrogens is 412 g/mol. The van der Waals surface area contributed by atoms with Gasteiger partial charge in [-0.3, -0.25) is 0 Å². The van der Waals surface area contributed by atoms with Gasteiger partial charge in [-0.2, -0.15) is 10.4 Å². The highest BCUT2D eigenvalue weighted by atomic mass is 16.5. The zero-order chi connectivity index (χ0) is 22.8. The number of rotatable bonds is 6. The zero-order valence-electron chi connectivity index (χ0n) is 17.9. The molecule has 0 atom stereocenters. The molecule has 4 aromatic rings. The summed E-state index contributed by atoms with van der Waals surface area (Å²) in [6.45, 7) is 0. The number of nitrogens with zero attached hydrogens (tertiary/aromatic N) is 4. The number of phenolic OH excluding ortho intramolecular Hbond substituents is 1. The Balaban J connectivity index is 2.14. The number of aromatic hydroxyl groups is 1. The van der Waals surface area contributed by atoms with Gasteiger partial charge in [0.2, 0.25) is 5.75 Å². The van der Waals surface area contributed by atoms with Crippen molar-refractivity contribution < 1.29 is 24.1 Å². The van der Waals surface area contributed by atoms with E-state index in [0.29, 0.717) is 45.3 Å². The van der Waals surface area contributed by atoms with E-state index in [0.717, 1.165) is 5.56 Å². The van der Waals surface area contributed by atoms with Crippen LogP contribution >= 0.6 is 0 Å². The lowest BCUT2D eigenvalue weighted by atomic mass is 9.98. The Hall–Kier alpha value is -4.45. The molecule has 0 aliphatic rings. The van der Waals surface area contributed by atoms with Crippen LogP contribution in [0.5, 0.6) is 28.7 Å². The van der Waals surface area contributed by atoms with Gasteiger partial charge in [-0.15, -0.1) is 0 Å². The molecule has 2 aromatic heterocycles. The van der Waals surface area contributed by atoms with Gasteiger partial charge >= 0.3 is 0 Å². The fourth-order valence-electron chi connectivity index (χ4n) is 3.60. The summed E-state index contributed by atoms with van der Waals surface area (Å²) in [5, 5.41) is 24.9. The number of fused-ring (bicyclic) bond motifs is 1. The standard InChI is InChI=1S/C23H20N4O5/c1-29-15-7-5-13(6-8-15)16-12-25-23-14(10-24)11-26-27(23)20(16)19-17(28)9-18(30-2)21(31-3)22(19)32-4/h5-9,11-12,28H,1-4H3. The monoisotopic (exact) mass is 432 g/mol. The lowest BCUT2D eigenvalue weighted by Crippen LogP contribution is -2.04. The molecule has 0 aliphatic carbocycles. The van der Waals surface area contributed by atoms with Crippen LogP contribution in [0.2, 0.25) is 0 Å². The second-order valence-corrected chi connectivity index (χ2v) is 6.69. The van der Waals surface area contributed by atoms with Gasteiger partial charge in [0.15, 0.2) is 17.1 Å². The number of hydrogen-bond donors (Lipinski definition) is 1. The van der Waals surface area contributed by atoms with Crippen molar-refractivity contribution in [1.82, 2.24) is 14.6 Å². The number of methoxy groups -OCH3 is 4. The summed E-state index contributed by atoms with van der Waals surface area (Å²) in [6, 6.07) is 10.9. The molecule has 0 saturated carbocycles. The van der Waals surface area contributed by atoms with E-state index < -0.39 is 0 Å². The highest BCUT2D eigenvalue weighted by Crippen LogP contribution is 2.51. The molecule has 0 unspecified atom stereocenters. The van der Waals surface area contributed by atoms with E-state index in [1.165, 1.54) is 38.1 Å². The maximum absolute atomic E-state index is 11.0. The number of aromatic nitrogens is 3. The minimum Gasteiger partial charge on any atom is -0.507 e. The highest BCUT2D eigenvalue weighted by Gasteiger charge is 2.27. The number of nitriles is 1. The van der Waals surface area contributed by atoms with Gasteiger partial charge in [-0.1, -0.05) is 12.1 Å². The number of hydrogen-bond acceptors (Lipinski definition) is 8. The molecular formula is C23H20N4O5. The molecule has 2 aromatic carbocycles. The van der Waals surface area contributed by atoms with Gasteiger partial charge in [-0.05, 0) is 17.7 Å². The molecule has 0 saturated heterocycles. The van der Waals surface area contributed by atoms with Crippen molar-refractivity contribution in [3.63, 3.8) is 0 Å².